The fourth-order valence-electron chi connectivity index (χ4n) is 2.33. The number of dihydropyridines is 1. The Morgan fingerprint density at radius 2 is 1.68 bits per heavy atom. The first-order chi connectivity index (χ1) is 12.0. The molecule has 0 spiro atoms. The largest absolute Gasteiger partial charge is 0.359 e. The molecule has 1 atom stereocenters. The molecule has 2 aromatic rings. The third-order valence-electron chi connectivity index (χ3n) is 3.65. The topological polar surface area (TPSA) is 58.2 Å². The second-order valence-corrected chi connectivity index (χ2v) is 6.52. The van der Waals surface area contributed by atoms with Crippen LogP contribution in [0.25, 0.3) is 0 Å². The molecule has 0 saturated carbocycles. The van der Waals surface area contributed by atoms with Crippen LogP contribution in [-0.4, -0.2) is 16.6 Å². The number of ketones is 1. The van der Waals surface area contributed by atoms with Gasteiger partial charge in [0.05, 0.1) is 5.70 Å². The van der Waals surface area contributed by atoms with Gasteiger partial charge < -0.3 is 10.6 Å². The summed E-state index contributed by atoms with van der Waals surface area (Å²) in [6.45, 7) is 0. The number of rotatable bonds is 4. The molecule has 1 aliphatic heterocycles. The van der Waals surface area contributed by atoms with Crippen molar-refractivity contribution in [3.05, 3.63) is 89.2 Å². The number of carbonyl (C=O) groups excluding carboxylic acids is 2. The molecule has 2 N–H and O–H groups in total. The van der Waals surface area contributed by atoms with Crippen molar-refractivity contribution in [1.82, 2.24) is 5.32 Å². The highest BCUT2D eigenvalue weighted by atomic mass is 35.5. The molecule has 2 aromatic carbocycles. The lowest BCUT2D eigenvalue weighted by atomic mass is 9.99. The lowest BCUT2D eigenvalue weighted by Crippen LogP contribution is -2.38. The summed E-state index contributed by atoms with van der Waals surface area (Å²) < 4.78 is 0. The van der Waals surface area contributed by atoms with Crippen LogP contribution in [0.2, 0.25) is 5.02 Å². The van der Waals surface area contributed by atoms with Gasteiger partial charge in [0, 0.05) is 16.3 Å². The summed E-state index contributed by atoms with van der Waals surface area (Å²) in [6.07, 6.45) is 4.38. The van der Waals surface area contributed by atoms with Crippen LogP contribution >= 0.6 is 23.2 Å². The number of anilines is 1. The van der Waals surface area contributed by atoms with Crippen molar-refractivity contribution in [3.8, 4) is 0 Å². The fourth-order valence-corrected chi connectivity index (χ4v) is 2.68. The second-order valence-electron chi connectivity index (χ2n) is 5.46. The van der Waals surface area contributed by atoms with E-state index in [0.29, 0.717) is 16.3 Å². The summed E-state index contributed by atoms with van der Waals surface area (Å²) in [6, 6.07) is 15.5. The zero-order valence-corrected chi connectivity index (χ0v) is 14.5. The standard InChI is InChI=1S/C19H14Cl2N2O2/c20-14-8-6-13(7-9-14)17(24)16-12-19(21,10-11-22-16)18(25)23-15-4-2-1-3-5-15/h1-12,22H,(H,23,25). The highest BCUT2D eigenvalue weighted by Crippen LogP contribution is 2.27. The van der Waals surface area contributed by atoms with Crippen LogP contribution in [0.1, 0.15) is 10.4 Å². The zero-order valence-electron chi connectivity index (χ0n) is 13.0. The van der Waals surface area contributed by atoms with Gasteiger partial charge in [0.2, 0.25) is 5.78 Å². The quantitative estimate of drug-likeness (QED) is 0.626. The van der Waals surface area contributed by atoms with Gasteiger partial charge in [-0.25, -0.2) is 0 Å². The predicted octanol–water partition coefficient (Wildman–Crippen LogP) is 4.14. The Balaban J connectivity index is 1.83. The molecule has 4 nitrogen and oxygen atoms in total. The number of amides is 1. The van der Waals surface area contributed by atoms with Crippen molar-refractivity contribution >= 4 is 40.6 Å². The summed E-state index contributed by atoms with van der Waals surface area (Å²) in [7, 11) is 0. The van der Waals surface area contributed by atoms with Crippen molar-refractivity contribution in [2.24, 2.45) is 0 Å². The predicted molar refractivity (Wildman–Crippen MR) is 99.8 cm³/mol. The molecule has 1 amide bonds. The van der Waals surface area contributed by atoms with Gasteiger partial charge in [-0.05, 0) is 54.8 Å². The first-order valence-electron chi connectivity index (χ1n) is 7.51. The van der Waals surface area contributed by atoms with Crippen molar-refractivity contribution in [1.29, 1.82) is 0 Å². The maximum atomic E-state index is 12.6. The molecule has 126 valence electrons. The number of carbonyl (C=O) groups is 2. The van der Waals surface area contributed by atoms with E-state index in [9.17, 15) is 9.59 Å². The summed E-state index contributed by atoms with van der Waals surface area (Å²) in [5.41, 5.74) is 1.29. The van der Waals surface area contributed by atoms with Crippen molar-refractivity contribution in [2.75, 3.05) is 5.32 Å². The molecule has 1 aliphatic rings. The minimum Gasteiger partial charge on any atom is -0.359 e. The lowest BCUT2D eigenvalue weighted by molar-refractivity contribution is -0.116. The molecular weight excluding hydrogens is 359 g/mol. The average molecular weight is 373 g/mol. The number of hydrogen-bond acceptors (Lipinski definition) is 3. The zero-order chi connectivity index (χ0) is 17.9. The lowest BCUT2D eigenvalue weighted by Gasteiger charge is -2.24. The highest BCUT2D eigenvalue weighted by Gasteiger charge is 2.35. The van der Waals surface area contributed by atoms with Crippen molar-refractivity contribution in [2.45, 2.75) is 4.87 Å². The number of allylic oxidation sites excluding steroid dienone is 1. The van der Waals surface area contributed by atoms with E-state index >= 15 is 0 Å². The molecular formula is C19H14Cl2N2O2. The first-order valence-corrected chi connectivity index (χ1v) is 8.26. The maximum Gasteiger partial charge on any atom is 0.253 e. The summed E-state index contributed by atoms with van der Waals surface area (Å²) in [4.78, 5) is 23.7. The Morgan fingerprint density at radius 3 is 2.36 bits per heavy atom. The molecule has 0 aliphatic carbocycles. The molecule has 6 heteroatoms. The van der Waals surface area contributed by atoms with Gasteiger partial charge in [-0.3, -0.25) is 9.59 Å². The molecule has 25 heavy (non-hydrogen) atoms. The molecule has 1 heterocycles. The number of halogens is 2. The number of alkyl halides is 1. The van der Waals surface area contributed by atoms with E-state index < -0.39 is 10.8 Å². The third-order valence-corrected chi connectivity index (χ3v) is 4.31. The van der Waals surface area contributed by atoms with Gasteiger partial charge in [0.1, 0.15) is 0 Å². The number of para-hydroxylation sites is 1. The normalized spacial score (nSPS) is 18.9. The van der Waals surface area contributed by atoms with Crippen molar-refractivity contribution < 1.29 is 9.59 Å². The third kappa shape index (κ3) is 3.92. The molecule has 0 radical (unpaired) electrons. The summed E-state index contributed by atoms with van der Waals surface area (Å²) >= 11 is 12.3. The van der Waals surface area contributed by atoms with Crippen LogP contribution in [-0.2, 0) is 4.79 Å². The summed E-state index contributed by atoms with van der Waals surface area (Å²) in [5, 5.41) is 6.11. The van der Waals surface area contributed by atoms with E-state index in [2.05, 4.69) is 10.6 Å². The van der Waals surface area contributed by atoms with Gasteiger partial charge in [-0.1, -0.05) is 41.4 Å². The van der Waals surface area contributed by atoms with E-state index in [-0.39, 0.29) is 11.5 Å². The maximum absolute atomic E-state index is 12.6. The summed E-state index contributed by atoms with van der Waals surface area (Å²) in [5.74, 6) is -0.724. The molecule has 3 rings (SSSR count). The van der Waals surface area contributed by atoms with E-state index in [0.717, 1.165) is 0 Å². The van der Waals surface area contributed by atoms with Gasteiger partial charge in [-0.2, -0.15) is 0 Å². The van der Waals surface area contributed by atoms with E-state index in [4.69, 9.17) is 23.2 Å². The molecule has 0 saturated heterocycles. The fraction of sp³-hybridized carbons (Fsp3) is 0.0526. The SMILES string of the molecule is O=C(C1=CC(Cl)(C(=O)Nc2ccccc2)C=CN1)c1ccc(Cl)cc1. The van der Waals surface area contributed by atoms with E-state index in [1.54, 1.807) is 48.5 Å². The van der Waals surface area contributed by atoms with Gasteiger partial charge in [-0.15, -0.1) is 0 Å². The van der Waals surface area contributed by atoms with E-state index in [1.807, 2.05) is 6.07 Å². The first kappa shape index (κ1) is 17.3. The number of nitrogens with one attached hydrogen (secondary N) is 2. The van der Waals surface area contributed by atoms with Crippen LogP contribution in [0.4, 0.5) is 5.69 Å². The smallest absolute Gasteiger partial charge is 0.253 e. The molecule has 0 fully saturated rings. The van der Waals surface area contributed by atoms with Gasteiger partial charge in [0.15, 0.2) is 4.87 Å². The number of benzene rings is 2. The number of Topliss-reactive ketones (excluding diaryl/α,β-unsaturated/α-hetero) is 1. The Labute approximate surface area is 155 Å². The van der Waals surface area contributed by atoms with Crippen molar-refractivity contribution in [3.63, 3.8) is 0 Å². The van der Waals surface area contributed by atoms with Gasteiger partial charge >= 0.3 is 0 Å². The minimum absolute atomic E-state index is 0.225. The monoisotopic (exact) mass is 372 g/mol. The van der Waals surface area contributed by atoms with Gasteiger partial charge in [0.25, 0.3) is 5.91 Å². The van der Waals surface area contributed by atoms with Crippen LogP contribution in [0, 0.1) is 0 Å². The molecule has 0 bridgehead atoms. The average Bonchev–Trinajstić information content (AvgIpc) is 2.62. The molecule has 0 aromatic heterocycles. The van der Waals surface area contributed by atoms with Crippen LogP contribution < -0.4 is 10.6 Å². The Hall–Kier alpha value is -2.56. The Bertz CT molecular complexity index is 861. The van der Waals surface area contributed by atoms with E-state index in [1.165, 1.54) is 18.4 Å². The minimum atomic E-state index is -1.46. The van der Waals surface area contributed by atoms with Crippen LogP contribution in [0.15, 0.2) is 78.6 Å². The number of hydrogen-bond donors (Lipinski definition) is 2. The second kappa shape index (κ2) is 7.13. The highest BCUT2D eigenvalue weighted by molar-refractivity contribution is 6.40. The molecule has 1 unspecified atom stereocenters. The Kier molecular flexibility index (Phi) is 4.93. The Morgan fingerprint density at radius 1 is 1.00 bits per heavy atom. The van der Waals surface area contributed by atoms with Crippen LogP contribution in [0.3, 0.4) is 0 Å². The van der Waals surface area contributed by atoms with Crippen LogP contribution in [0.5, 0.6) is 0 Å².